The number of likely N-dealkylation sites (tertiary alicyclic amines) is 1. The molecular weight excluding hydrogens is 274 g/mol. The molecule has 0 spiro atoms. The first-order chi connectivity index (χ1) is 10.0. The van der Waals surface area contributed by atoms with Gasteiger partial charge >= 0.3 is 11.9 Å². The average molecular weight is 289 g/mol. The second-order valence-electron chi connectivity index (χ2n) is 4.62. The van der Waals surface area contributed by atoms with Crippen LogP contribution in [-0.2, 0) is 14.3 Å². The van der Waals surface area contributed by atoms with Crippen LogP contribution in [0.1, 0.15) is 28.8 Å². The lowest BCUT2D eigenvalue weighted by Gasteiger charge is -2.16. The van der Waals surface area contributed by atoms with Crippen molar-refractivity contribution in [1.29, 1.82) is 0 Å². The summed E-state index contributed by atoms with van der Waals surface area (Å²) in [6.45, 7) is 0. The SMILES string of the molecule is COC(=O)c1ccc(C=CN2C(=O)CCC2C(=O)O)cc1. The number of amides is 1. The van der Waals surface area contributed by atoms with Crippen LogP contribution in [0.3, 0.4) is 0 Å². The van der Waals surface area contributed by atoms with Crippen LogP contribution in [0.25, 0.3) is 6.08 Å². The summed E-state index contributed by atoms with van der Waals surface area (Å²) in [6.07, 6.45) is 3.67. The lowest BCUT2D eigenvalue weighted by atomic mass is 10.1. The van der Waals surface area contributed by atoms with Gasteiger partial charge in [-0.1, -0.05) is 12.1 Å². The van der Waals surface area contributed by atoms with Crippen LogP contribution >= 0.6 is 0 Å². The van der Waals surface area contributed by atoms with Crippen molar-refractivity contribution < 1.29 is 24.2 Å². The normalized spacial score (nSPS) is 18.2. The highest BCUT2D eigenvalue weighted by molar-refractivity contribution is 5.90. The van der Waals surface area contributed by atoms with Crippen LogP contribution in [0.4, 0.5) is 0 Å². The van der Waals surface area contributed by atoms with E-state index in [2.05, 4.69) is 4.74 Å². The molecule has 1 unspecified atom stereocenters. The molecule has 0 saturated carbocycles. The monoisotopic (exact) mass is 289 g/mol. The molecule has 0 aliphatic carbocycles. The van der Waals surface area contributed by atoms with Crippen molar-refractivity contribution in [1.82, 2.24) is 4.90 Å². The highest BCUT2D eigenvalue weighted by Crippen LogP contribution is 2.20. The van der Waals surface area contributed by atoms with Crippen molar-refractivity contribution in [3.05, 3.63) is 41.6 Å². The second kappa shape index (κ2) is 6.21. The maximum absolute atomic E-state index is 11.6. The van der Waals surface area contributed by atoms with Gasteiger partial charge in [-0.2, -0.15) is 0 Å². The number of carbonyl (C=O) groups excluding carboxylic acids is 2. The Morgan fingerprint density at radius 1 is 1.33 bits per heavy atom. The minimum absolute atomic E-state index is 0.204. The zero-order valence-corrected chi connectivity index (χ0v) is 11.5. The van der Waals surface area contributed by atoms with E-state index in [0.717, 1.165) is 5.56 Å². The zero-order chi connectivity index (χ0) is 15.4. The molecule has 0 bridgehead atoms. The standard InChI is InChI=1S/C15H15NO5/c1-21-15(20)11-4-2-10(3-5-11)8-9-16-12(14(18)19)6-7-13(16)17/h2-5,8-9,12H,6-7H2,1H3,(H,18,19). The quantitative estimate of drug-likeness (QED) is 0.850. The lowest BCUT2D eigenvalue weighted by Crippen LogP contribution is -2.34. The molecule has 21 heavy (non-hydrogen) atoms. The lowest BCUT2D eigenvalue weighted by molar-refractivity contribution is -0.144. The molecule has 0 radical (unpaired) electrons. The van der Waals surface area contributed by atoms with Gasteiger partial charge in [0, 0.05) is 12.6 Å². The molecule has 1 aromatic carbocycles. The van der Waals surface area contributed by atoms with Crippen LogP contribution < -0.4 is 0 Å². The van der Waals surface area contributed by atoms with Gasteiger partial charge in [0.2, 0.25) is 5.91 Å². The number of carboxylic acid groups (broad SMARTS) is 1. The molecule has 0 aromatic heterocycles. The van der Waals surface area contributed by atoms with Gasteiger partial charge in [0.1, 0.15) is 6.04 Å². The smallest absolute Gasteiger partial charge is 0.337 e. The van der Waals surface area contributed by atoms with Crippen molar-refractivity contribution >= 4 is 23.9 Å². The third-order valence-corrected chi connectivity index (χ3v) is 3.30. The van der Waals surface area contributed by atoms with Crippen LogP contribution in [0, 0.1) is 0 Å². The molecule has 1 aliphatic heterocycles. The molecule has 1 N–H and O–H groups in total. The van der Waals surface area contributed by atoms with Gasteiger partial charge in [-0.05, 0) is 30.2 Å². The number of benzene rings is 1. The maximum Gasteiger partial charge on any atom is 0.337 e. The third kappa shape index (κ3) is 3.28. The Morgan fingerprint density at radius 3 is 2.57 bits per heavy atom. The summed E-state index contributed by atoms with van der Waals surface area (Å²) in [6, 6.07) is 5.79. The predicted molar refractivity (Wildman–Crippen MR) is 74.3 cm³/mol. The largest absolute Gasteiger partial charge is 0.480 e. The molecule has 1 atom stereocenters. The molecule has 6 nitrogen and oxygen atoms in total. The first kappa shape index (κ1) is 14.8. The van der Waals surface area contributed by atoms with Gasteiger partial charge in [-0.15, -0.1) is 0 Å². The van der Waals surface area contributed by atoms with Crippen molar-refractivity contribution in [3.63, 3.8) is 0 Å². The summed E-state index contributed by atoms with van der Waals surface area (Å²) in [5.74, 6) is -1.64. The number of rotatable bonds is 4. The minimum atomic E-state index is -1.01. The van der Waals surface area contributed by atoms with E-state index in [-0.39, 0.29) is 12.3 Å². The van der Waals surface area contributed by atoms with Crippen LogP contribution in [-0.4, -0.2) is 41.0 Å². The fraction of sp³-hybridized carbons (Fsp3) is 0.267. The Labute approximate surface area is 121 Å². The van der Waals surface area contributed by atoms with Gasteiger partial charge in [-0.3, -0.25) is 4.79 Å². The van der Waals surface area contributed by atoms with Gasteiger partial charge in [-0.25, -0.2) is 9.59 Å². The summed E-state index contributed by atoms with van der Waals surface area (Å²) in [7, 11) is 1.31. The summed E-state index contributed by atoms with van der Waals surface area (Å²) in [4.78, 5) is 35.2. The Bertz CT molecular complexity index is 591. The molecule has 1 saturated heterocycles. The maximum atomic E-state index is 11.6. The van der Waals surface area contributed by atoms with Gasteiger partial charge in [0.05, 0.1) is 12.7 Å². The number of ether oxygens (including phenoxy) is 1. The topological polar surface area (TPSA) is 83.9 Å². The van der Waals surface area contributed by atoms with E-state index >= 15 is 0 Å². The summed E-state index contributed by atoms with van der Waals surface area (Å²) >= 11 is 0. The molecule has 110 valence electrons. The fourth-order valence-corrected chi connectivity index (χ4v) is 2.15. The average Bonchev–Trinajstić information content (AvgIpc) is 2.86. The first-order valence-corrected chi connectivity index (χ1v) is 6.43. The predicted octanol–water partition coefficient (Wildman–Crippen LogP) is 1.52. The summed E-state index contributed by atoms with van der Waals surface area (Å²) in [5.41, 5.74) is 1.18. The molecule has 6 heteroatoms. The Kier molecular flexibility index (Phi) is 4.37. The van der Waals surface area contributed by atoms with Crippen molar-refractivity contribution in [2.75, 3.05) is 7.11 Å². The Balaban J connectivity index is 2.11. The first-order valence-electron chi connectivity index (χ1n) is 6.43. The number of esters is 1. The summed E-state index contributed by atoms with van der Waals surface area (Å²) in [5, 5.41) is 9.04. The molecule has 1 fully saturated rings. The Hall–Kier alpha value is -2.63. The van der Waals surface area contributed by atoms with Crippen molar-refractivity contribution in [3.8, 4) is 0 Å². The second-order valence-corrected chi connectivity index (χ2v) is 4.62. The number of aliphatic carboxylic acids is 1. The highest BCUT2D eigenvalue weighted by atomic mass is 16.5. The third-order valence-electron chi connectivity index (χ3n) is 3.30. The molecule has 1 amide bonds. The van der Waals surface area contributed by atoms with Crippen LogP contribution in [0.2, 0.25) is 0 Å². The zero-order valence-electron chi connectivity index (χ0n) is 11.5. The van der Waals surface area contributed by atoms with Crippen LogP contribution in [0.5, 0.6) is 0 Å². The van der Waals surface area contributed by atoms with E-state index in [0.29, 0.717) is 12.0 Å². The van der Waals surface area contributed by atoms with Gasteiger partial charge < -0.3 is 14.7 Å². The van der Waals surface area contributed by atoms with Gasteiger partial charge in [0.15, 0.2) is 0 Å². The molecular formula is C15H15NO5. The van der Waals surface area contributed by atoms with E-state index in [4.69, 9.17) is 5.11 Å². The van der Waals surface area contributed by atoms with Crippen LogP contribution in [0.15, 0.2) is 30.5 Å². The highest BCUT2D eigenvalue weighted by Gasteiger charge is 2.34. The van der Waals surface area contributed by atoms with E-state index in [9.17, 15) is 14.4 Å². The number of hydrogen-bond acceptors (Lipinski definition) is 4. The van der Waals surface area contributed by atoms with E-state index in [1.807, 2.05) is 0 Å². The van der Waals surface area contributed by atoms with Crippen molar-refractivity contribution in [2.45, 2.75) is 18.9 Å². The van der Waals surface area contributed by atoms with E-state index in [1.54, 1.807) is 30.3 Å². The van der Waals surface area contributed by atoms with Crippen molar-refractivity contribution in [2.24, 2.45) is 0 Å². The molecule has 1 aromatic rings. The number of methoxy groups -OCH3 is 1. The summed E-state index contributed by atoms with van der Waals surface area (Å²) < 4.78 is 4.60. The number of hydrogen-bond donors (Lipinski definition) is 1. The van der Waals surface area contributed by atoms with Gasteiger partial charge in [0.25, 0.3) is 0 Å². The minimum Gasteiger partial charge on any atom is -0.480 e. The molecule has 2 rings (SSSR count). The molecule has 1 aliphatic rings. The molecule has 1 heterocycles. The number of carbonyl (C=O) groups is 3. The van der Waals surface area contributed by atoms with E-state index < -0.39 is 18.0 Å². The number of carboxylic acids is 1. The Morgan fingerprint density at radius 2 is 2.00 bits per heavy atom. The fourth-order valence-electron chi connectivity index (χ4n) is 2.15. The number of nitrogens with zero attached hydrogens (tertiary/aromatic N) is 1. The van der Waals surface area contributed by atoms with E-state index in [1.165, 1.54) is 18.2 Å².